The summed E-state index contributed by atoms with van der Waals surface area (Å²) in [4.78, 5) is 23.9. The van der Waals surface area contributed by atoms with E-state index in [-0.39, 0.29) is 19.0 Å². The van der Waals surface area contributed by atoms with Crippen LogP contribution in [-0.4, -0.2) is 37.5 Å². The van der Waals surface area contributed by atoms with Crippen molar-refractivity contribution in [3.8, 4) is 23.0 Å². The lowest BCUT2D eigenvalue weighted by Gasteiger charge is -2.18. The second kappa shape index (κ2) is 7.54. The number of hydrogen-bond acceptors (Lipinski definition) is 7. The van der Waals surface area contributed by atoms with E-state index in [1.807, 2.05) is 26.0 Å². The van der Waals surface area contributed by atoms with E-state index in [9.17, 15) is 9.59 Å². The van der Waals surface area contributed by atoms with Crippen LogP contribution >= 0.6 is 0 Å². The van der Waals surface area contributed by atoms with Crippen LogP contribution in [0.4, 0.5) is 5.69 Å². The molecule has 0 fully saturated rings. The monoisotopic (exact) mass is 399 g/mol. The second-order valence-electron chi connectivity index (χ2n) is 7.35. The summed E-state index contributed by atoms with van der Waals surface area (Å²) in [6.07, 6.45) is 0.768. The fourth-order valence-corrected chi connectivity index (χ4v) is 3.20. The smallest absolute Gasteiger partial charge is 0.344 e. The third kappa shape index (κ3) is 4.37. The summed E-state index contributed by atoms with van der Waals surface area (Å²) in [5, 5.41) is 2.63. The molecule has 1 amide bonds. The standard InChI is InChI=1S/C21H21NO7/c1-21(2)9-13-4-3-5-16(20(13)29-21)25-11-19(24)26-10-18(23)22-14-6-7-15-17(8-14)28-12-27-15/h3-8H,9-12H2,1-2H3,(H,22,23). The Hall–Kier alpha value is -3.42. The predicted molar refractivity (Wildman–Crippen MR) is 103 cm³/mol. The Labute approximate surface area is 167 Å². The molecule has 0 bridgehead atoms. The van der Waals surface area contributed by atoms with Gasteiger partial charge in [0.05, 0.1) is 0 Å². The summed E-state index contributed by atoms with van der Waals surface area (Å²) in [7, 11) is 0. The number of hydrogen-bond donors (Lipinski definition) is 1. The molecule has 0 radical (unpaired) electrons. The van der Waals surface area contributed by atoms with Crippen molar-refractivity contribution >= 4 is 17.6 Å². The fourth-order valence-electron chi connectivity index (χ4n) is 3.20. The average molecular weight is 399 g/mol. The number of carbonyl (C=O) groups excluding carboxylic acids is 2. The molecule has 0 saturated heterocycles. The first kappa shape index (κ1) is 18.9. The van der Waals surface area contributed by atoms with Crippen molar-refractivity contribution in [2.24, 2.45) is 0 Å². The fraction of sp³-hybridized carbons (Fsp3) is 0.333. The molecule has 2 aliphatic heterocycles. The molecular formula is C21H21NO7. The zero-order valence-electron chi connectivity index (χ0n) is 16.2. The first-order valence-electron chi connectivity index (χ1n) is 9.18. The molecule has 0 aliphatic carbocycles. The van der Waals surface area contributed by atoms with Crippen LogP contribution in [0, 0.1) is 0 Å². The average Bonchev–Trinajstić information content (AvgIpc) is 3.26. The van der Waals surface area contributed by atoms with E-state index in [0.717, 1.165) is 12.0 Å². The molecule has 1 N–H and O–H groups in total. The van der Waals surface area contributed by atoms with Crippen LogP contribution in [0.25, 0.3) is 0 Å². The Morgan fingerprint density at radius 2 is 1.93 bits per heavy atom. The SMILES string of the molecule is CC1(C)Cc2cccc(OCC(=O)OCC(=O)Nc3ccc4c(c3)OCO4)c2O1. The van der Waals surface area contributed by atoms with Crippen molar-refractivity contribution in [2.75, 3.05) is 25.3 Å². The lowest BCUT2D eigenvalue weighted by molar-refractivity contribution is -0.149. The van der Waals surface area contributed by atoms with Crippen molar-refractivity contribution in [2.45, 2.75) is 25.9 Å². The molecule has 8 nitrogen and oxygen atoms in total. The number of para-hydroxylation sites is 1. The van der Waals surface area contributed by atoms with E-state index >= 15 is 0 Å². The zero-order chi connectivity index (χ0) is 20.4. The van der Waals surface area contributed by atoms with E-state index in [1.54, 1.807) is 24.3 Å². The number of carbonyl (C=O) groups is 2. The molecule has 152 valence electrons. The highest BCUT2D eigenvalue weighted by molar-refractivity contribution is 5.93. The first-order valence-corrected chi connectivity index (χ1v) is 9.18. The molecular weight excluding hydrogens is 378 g/mol. The molecule has 29 heavy (non-hydrogen) atoms. The van der Waals surface area contributed by atoms with Gasteiger partial charge in [-0.15, -0.1) is 0 Å². The molecule has 4 rings (SSSR count). The van der Waals surface area contributed by atoms with Gasteiger partial charge in [0.15, 0.2) is 36.2 Å². The van der Waals surface area contributed by atoms with E-state index in [0.29, 0.717) is 28.7 Å². The van der Waals surface area contributed by atoms with Gasteiger partial charge in [0.1, 0.15) is 5.60 Å². The third-order valence-corrected chi connectivity index (χ3v) is 4.42. The van der Waals surface area contributed by atoms with Crippen molar-refractivity contribution in [3.63, 3.8) is 0 Å². The number of amides is 1. The molecule has 0 unspecified atom stereocenters. The van der Waals surface area contributed by atoms with E-state index in [1.165, 1.54) is 0 Å². The van der Waals surface area contributed by atoms with Gasteiger partial charge in [0.2, 0.25) is 6.79 Å². The Morgan fingerprint density at radius 1 is 1.10 bits per heavy atom. The number of benzene rings is 2. The van der Waals surface area contributed by atoms with Crippen LogP contribution in [0.3, 0.4) is 0 Å². The van der Waals surface area contributed by atoms with Gasteiger partial charge in [-0.2, -0.15) is 0 Å². The number of esters is 1. The first-order chi connectivity index (χ1) is 13.9. The topological polar surface area (TPSA) is 92.3 Å². The van der Waals surface area contributed by atoms with Gasteiger partial charge < -0.3 is 29.0 Å². The van der Waals surface area contributed by atoms with Crippen LogP contribution in [0.15, 0.2) is 36.4 Å². The molecule has 2 aliphatic rings. The van der Waals surface area contributed by atoms with Gasteiger partial charge in [0.25, 0.3) is 5.91 Å². The van der Waals surface area contributed by atoms with Crippen LogP contribution < -0.4 is 24.3 Å². The predicted octanol–water partition coefficient (Wildman–Crippen LogP) is 2.69. The lowest BCUT2D eigenvalue weighted by atomic mass is 10.0. The number of anilines is 1. The maximum absolute atomic E-state index is 12.0. The number of ether oxygens (including phenoxy) is 5. The van der Waals surface area contributed by atoms with Crippen molar-refractivity contribution in [1.82, 2.24) is 0 Å². The quantitative estimate of drug-likeness (QED) is 0.747. The molecule has 2 heterocycles. The van der Waals surface area contributed by atoms with Gasteiger partial charge in [-0.25, -0.2) is 4.79 Å². The summed E-state index contributed by atoms with van der Waals surface area (Å²) < 4.78 is 26.9. The van der Waals surface area contributed by atoms with Crippen molar-refractivity contribution < 1.29 is 33.3 Å². The highest BCUT2D eigenvalue weighted by Crippen LogP contribution is 2.41. The largest absolute Gasteiger partial charge is 0.483 e. The van der Waals surface area contributed by atoms with Gasteiger partial charge in [0, 0.05) is 23.7 Å². The van der Waals surface area contributed by atoms with Gasteiger partial charge >= 0.3 is 5.97 Å². The molecule has 0 spiro atoms. The molecule has 0 aromatic heterocycles. The summed E-state index contributed by atoms with van der Waals surface area (Å²) in [6, 6.07) is 10.6. The Kier molecular flexibility index (Phi) is 4.92. The second-order valence-corrected chi connectivity index (χ2v) is 7.35. The highest BCUT2D eigenvalue weighted by Gasteiger charge is 2.32. The molecule has 0 atom stereocenters. The van der Waals surface area contributed by atoms with Crippen molar-refractivity contribution in [3.05, 3.63) is 42.0 Å². The summed E-state index contributed by atoms with van der Waals surface area (Å²) in [5.41, 5.74) is 1.24. The summed E-state index contributed by atoms with van der Waals surface area (Å²) in [5.74, 6) is 1.17. The van der Waals surface area contributed by atoms with Crippen LogP contribution in [0.1, 0.15) is 19.4 Å². The lowest BCUT2D eigenvalue weighted by Crippen LogP contribution is -2.25. The van der Waals surface area contributed by atoms with Crippen LogP contribution in [0.2, 0.25) is 0 Å². The minimum Gasteiger partial charge on any atom is -0.483 e. The van der Waals surface area contributed by atoms with Crippen LogP contribution in [-0.2, 0) is 20.7 Å². The number of nitrogens with one attached hydrogen (secondary N) is 1. The van der Waals surface area contributed by atoms with Gasteiger partial charge in [-0.1, -0.05) is 12.1 Å². The van der Waals surface area contributed by atoms with E-state index in [2.05, 4.69) is 5.32 Å². The Morgan fingerprint density at radius 3 is 2.79 bits per heavy atom. The van der Waals surface area contributed by atoms with Crippen LogP contribution in [0.5, 0.6) is 23.0 Å². The normalized spacial score (nSPS) is 15.2. The summed E-state index contributed by atoms with van der Waals surface area (Å²) >= 11 is 0. The van der Waals surface area contributed by atoms with Crippen molar-refractivity contribution in [1.29, 1.82) is 0 Å². The van der Waals surface area contributed by atoms with E-state index in [4.69, 9.17) is 23.7 Å². The maximum atomic E-state index is 12.0. The minimum atomic E-state index is -0.652. The Balaban J connectivity index is 1.25. The third-order valence-electron chi connectivity index (χ3n) is 4.42. The van der Waals surface area contributed by atoms with Gasteiger partial charge in [-0.3, -0.25) is 4.79 Å². The zero-order valence-corrected chi connectivity index (χ0v) is 16.2. The summed E-state index contributed by atoms with van der Waals surface area (Å²) in [6.45, 7) is 3.38. The minimum absolute atomic E-state index is 0.150. The van der Waals surface area contributed by atoms with E-state index < -0.39 is 18.5 Å². The Bertz CT molecular complexity index is 954. The molecule has 0 saturated carbocycles. The number of fused-ring (bicyclic) bond motifs is 2. The number of rotatable bonds is 6. The molecule has 2 aromatic carbocycles. The molecule has 2 aromatic rings. The highest BCUT2D eigenvalue weighted by atomic mass is 16.7. The van der Waals surface area contributed by atoms with Gasteiger partial charge in [-0.05, 0) is 32.0 Å². The maximum Gasteiger partial charge on any atom is 0.344 e. The molecule has 8 heteroatoms.